The normalized spacial score (nSPS) is 19.3. The van der Waals surface area contributed by atoms with Crippen LogP contribution in [0.3, 0.4) is 0 Å². The van der Waals surface area contributed by atoms with Crippen molar-refractivity contribution < 1.29 is 14.5 Å². The summed E-state index contributed by atoms with van der Waals surface area (Å²) in [6.45, 7) is 5.34. The number of nitro benzene ring substituents is 1. The minimum absolute atomic E-state index is 0.0599. The summed E-state index contributed by atoms with van der Waals surface area (Å²) in [5, 5.41) is 10.8. The quantitative estimate of drug-likeness (QED) is 0.474. The minimum atomic E-state index is -0.488. The molecular formula is C13H16N2O4. The van der Waals surface area contributed by atoms with E-state index in [4.69, 9.17) is 4.74 Å². The van der Waals surface area contributed by atoms with E-state index in [2.05, 4.69) is 0 Å². The van der Waals surface area contributed by atoms with Crippen molar-refractivity contribution in [1.29, 1.82) is 0 Å². The topological polar surface area (TPSA) is 72.7 Å². The molecule has 0 bridgehead atoms. The first-order chi connectivity index (χ1) is 8.99. The van der Waals surface area contributed by atoms with Crippen LogP contribution in [-0.2, 0) is 4.74 Å². The summed E-state index contributed by atoms with van der Waals surface area (Å²) in [7, 11) is 0. The van der Waals surface area contributed by atoms with E-state index in [0.29, 0.717) is 25.3 Å². The Morgan fingerprint density at radius 3 is 2.84 bits per heavy atom. The molecule has 6 heteroatoms. The number of Topliss-reactive ketones (excluding diaryl/α,β-unsaturated/α-hetero) is 1. The molecule has 1 fully saturated rings. The van der Waals surface area contributed by atoms with Gasteiger partial charge >= 0.3 is 0 Å². The van der Waals surface area contributed by atoms with Gasteiger partial charge in [-0.2, -0.15) is 0 Å². The van der Waals surface area contributed by atoms with E-state index in [-0.39, 0.29) is 17.6 Å². The van der Waals surface area contributed by atoms with Crippen molar-refractivity contribution >= 4 is 17.2 Å². The summed E-state index contributed by atoms with van der Waals surface area (Å²) in [6, 6.07) is 4.42. The average Bonchev–Trinajstić information content (AvgIpc) is 2.37. The molecule has 1 aromatic carbocycles. The van der Waals surface area contributed by atoms with E-state index in [1.54, 1.807) is 6.07 Å². The molecule has 1 saturated heterocycles. The maximum Gasteiger partial charge on any atom is 0.270 e. The van der Waals surface area contributed by atoms with Crippen molar-refractivity contribution in [2.45, 2.75) is 20.0 Å². The number of rotatable bonds is 3. The predicted octanol–water partition coefficient (Wildman–Crippen LogP) is 2.02. The van der Waals surface area contributed by atoms with Crippen molar-refractivity contribution in [2.75, 3.05) is 24.6 Å². The maximum absolute atomic E-state index is 11.7. The molecule has 0 saturated carbocycles. The van der Waals surface area contributed by atoms with Crippen molar-refractivity contribution in [2.24, 2.45) is 0 Å². The van der Waals surface area contributed by atoms with Gasteiger partial charge in [0.2, 0.25) is 0 Å². The zero-order valence-electron chi connectivity index (χ0n) is 11.0. The molecule has 6 nitrogen and oxygen atoms in total. The molecule has 2 rings (SSSR count). The van der Waals surface area contributed by atoms with Gasteiger partial charge in [-0.3, -0.25) is 14.9 Å². The van der Waals surface area contributed by atoms with Crippen LogP contribution in [0.1, 0.15) is 24.2 Å². The lowest BCUT2D eigenvalue weighted by Crippen LogP contribution is -2.41. The van der Waals surface area contributed by atoms with E-state index < -0.39 is 4.92 Å². The van der Waals surface area contributed by atoms with Crippen molar-refractivity contribution in [3.8, 4) is 0 Å². The number of carbonyl (C=O) groups is 1. The van der Waals surface area contributed by atoms with Crippen LogP contribution in [0.25, 0.3) is 0 Å². The first-order valence-electron chi connectivity index (χ1n) is 6.15. The Bertz CT molecular complexity index is 515. The van der Waals surface area contributed by atoms with E-state index in [0.717, 1.165) is 5.69 Å². The van der Waals surface area contributed by atoms with Gasteiger partial charge in [0.1, 0.15) is 0 Å². The van der Waals surface area contributed by atoms with Gasteiger partial charge in [-0.15, -0.1) is 0 Å². The number of nitrogens with zero attached hydrogens (tertiary/aromatic N) is 2. The Kier molecular flexibility index (Phi) is 3.80. The first kappa shape index (κ1) is 13.5. The lowest BCUT2D eigenvalue weighted by Gasteiger charge is -2.33. The average molecular weight is 264 g/mol. The van der Waals surface area contributed by atoms with Gasteiger partial charge < -0.3 is 9.64 Å². The lowest BCUT2D eigenvalue weighted by molar-refractivity contribution is -0.384. The van der Waals surface area contributed by atoms with Crippen LogP contribution in [0.15, 0.2) is 18.2 Å². The monoisotopic (exact) mass is 264 g/mol. The predicted molar refractivity (Wildman–Crippen MR) is 70.7 cm³/mol. The third-order valence-electron chi connectivity index (χ3n) is 3.15. The molecule has 0 aliphatic carbocycles. The molecule has 1 aromatic rings. The van der Waals surface area contributed by atoms with Gasteiger partial charge in [0, 0.05) is 36.5 Å². The summed E-state index contributed by atoms with van der Waals surface area (Å²) in [5.41, 5.74) is 1.08. The number of ether oxygens (including phenoxy) is 1. The Morgan fingerprint density at radius 1 is 1.53 bits per heavy atom. The minimum Gasteiger partial charge on any atom is -0.375 e. The fraction of sp³-hybridized carbons (Fsp3) is 0.462. The molecule has 0 aromatic heterocycles. The molecule has 1 heterocycles. The van der Waals surface area contributed by atoms with Gasteiger partial charge in [-0.25, -0.2) is 0 Å². The maximum atomic E-state index is 11.7. The van der Waals surface area contributed by atoms with Crippen LogP contribution in [0.4, 0.5) is 11.4 Å². The summed E-state index contributed by atoms with van der Waals surface area (Å²) in [6.07, 6.45) is 0.0868. The second-order valence-corrected chi connectivity index (χ2v) is 4.64. The van der Waals surface area contributed by atoms with Crippen LogP contribution < -0.4 is 4.90 Å². The highest BCUT2D eigenvalue weighted by Gasteiger charge is 2.22. The summed E-state index contributed by atoms with van der Waals surface area (Å²) in [5.74, 6) is -0.169. The molecule has 0 amide bonds. The Hall–Kier alpha value is -1.95. The van der Waals surface area contributed by atoms with Gasteiger partial charge in [-0.1, -0.05) is 0 Å². The second kappa shape index (κ2) is 5.36. The number of ketones is 1. The van der Waals surface area contributed by atoms with Crippen LogP contribution in [0, 0.1) is 10.1 Å². The van der Waals surface area contributed by atoms with E-state index in [9.17, 15) is 14.9 Å². The van der Waals surface area contributed by atoms with Crippen LogP contribution in [-0.4, -0.2) is 36.5 Å². The molecule has 1 aliphatic rings. The highest BCUT2D eigenvalue weighted by molar-refractivity contribution is 6.00. The molecule has 1 aliphatic heterocycles. The van der Waals surface area contributed by atoms with Crippen LogP contribution >= 0.6 is 0 Å². The van der Waals surface area contributed by atoms with Crippen molar-refractivity contribution in [3.05, 3.63) is 33.9 Å². The van der Waals surface area contributed by atoms with E-state index >= 15 is 0 Å². The molecule has 0 N–H and O–H groups in total. The van der Waals surface area contributed by atoms with Crippen LogP contribution in [0.2, 0.25) is 0 Å². The van der Waals surface area contributed by atoms with Crippen LogP contribution in [0.5, 0.6) is 0 Å². The number of carbonyl (C=O) groups excluding carboxylic acids is 1. The lowest BCUT2D eigenvalue weighted by atomic mass is 10.1. The SMILES string of the molecule is CC(=O)c1cc([N+](=O)[O-])ccc1N1CCOC(C)C1. The van der Waals surface area contributed by atoms with Gasteiger partial charge in [0.25, 0.3) is 5.69 Å². The number of hydrogen-bond donors (Lipinski definition) is 0. The fourth-order valence-electron chi connectivity index (χ4n) is 2.23. The Morgan fingerprint density at radius 2 is 2.26 bits per heavy atom. The third-order valence-corrected chi connectivity index (χ3v) is 3.15. The third kappa shape index (κ3) is 2.90. The number of anilines is 1. The van der Waals surface area contributed by atoms with E-state index in [1.165, 1.54) is 19.1 Å². The Labute approximate surface area is 111 Å². The standard InChI is InChI=1S/C13H16N2O4/c1-9-8-14(5-6-19-9)13-4-3-11(15(17)18)7-12(13)10(2)16/h3-4,7,9H,5-6,8H2,1-2H3. The molecule has 1 unspecified atom stereocenters. The zero-order valence-corrected chi connectivity index (χ0v) is 11.0. The smallest absolute Gasteiger partial charge is 0.270 e. The number of non-ortho nitro benzene ring substituents is 1. The highest BCUT2D eigenvalue weighted by Crippen LogP contribution is 2.27. The zero-order chi connectivity index (χ0) is 14.0. The Balaban J connectivity index is 2.38. The fourth-order valence-corrected chi connectivity index (χ4v) is 2.23. The molecule has 0 radical (unpaired) electrons. The van der Waals surface area contributed by atoms with Gasteiger partial charge in [0.15, 0.2) is 5.78 Å². The molecule has 0 spiro atoms. The number of morpholine rings is 1. The molecular weight excluding hydrogens is 248 g/mol. The molecule has 1 atom stereocenters. The summed E-state index contributed by atoms with van der Waals surface area (Å²) >= 11 is 0. The van der Waals surface area contributed by atoms with Gasteiger partial charge in [-0.05, 0) is 19.9 Å². The number of nitro groups is 1. The second-order valence-electron chi connectivity index (χ2n) is 4.64. The van der Waals surface area contributed by atoms with Gasteiger partial charge in [0.05, 0.1) is 17.6 Å². The summed E-state index contributed by atoms with van der Waals surface area (Å²) in [4.78, 5) is 24.0. The molecule has 102 valence electrons. The molecule has 19 heavy (non-hydrogen) atoms. The largest absolute Gasteiger partial charge is 0.375 e. The first-order valence-corrected chi connectivity index (χ1v) is 6.15. The number of benzene rings is 1. The number of hydrogen-bond acceptors (Lipinski definition) is 5. The van der Waals surface area contributed by atoms with E-state index in [1.807, 2.05) is 11.8 Å². The van der Waals surface area contributed by atoms with Crippen molar-refractivity contribution in [3.63, 3.8) is 0 Å². The summed E-state index contributed by atoms with van der Waals surface area (Å²) < 4.78 is 5.46. The highest BCUT2D eigenvalue weighted by atomic mass is 16.6. The van der Waals surface area contributed by atoms with Crippen molar-refractivity contribution in [1.82, 2.24) is 0 Å².